The van der Waals surface area contributed by atoms with Crippen LogP contribution < -0.4 is 14.2 Å². The molecule has 6 heteroatoms. The molecule has 0 unspecified atom stereocenters. The number of unbranched alkanes of at least 4 members (excludes halogenated alkanes) is 5. The molecule has 0 atom stereocenters. The molecule has 40 heavy (non-hydrogen) atoms. The first-order chi connectivity index (χ1) is 19.6. The molecule has 6 nitrogen and oxygen atoms in total. The number of carbonyl (C=O) groups excluding carboxylic acids is 2. The molecule has 0 spiro atoms. The highest BCUT2D eigenvalue weighted by Crippen LogP contribution is 2.26. The van der Waals surface area contributed by atoms with E-state index >= 15 is 0 Å². The highest BCUT2D eigenvalue weighted by Gasteiger charge is 2.14. The third-order valence-electron chi connectivity index (χ3n) is 6.31. The molecule has 0 aliphatic heterocycles. The summed E-state index contributed by atoms with van der Waals surface area (Å²) in [5.74, 6) is 1.07. The van der Waals surface area contributed by atoms with E-state index in [4.69, 9.17) is 14.2 Å². The first kappa shape index (κ1) is 28.4. The Morgan fingerprint density at radius 1 is 0.625 bits per heavy atom. The van der Waals surface area contributed by atoms with Gasteiger partial charge in [0.05, 0.1) is 24.3 Å². The Balaban J connectivity index is 1.04. The lowest BCUT2D eigenvalue weighted by molar-refractivity contribution is 0.0734. The maximum atomic E-state index is 12.5. The van der Waals surface area contributed by atoms with E-state index in [9.17, 15) is 14.7 Å². The van der Waals surface area contributed by atoms with Gasteiger partial charge in [0.1, 0.15) is 23.0 Å². The van der Waals surface area contributed by atoms with Crippen LogP contribution in [0.1, 0.15) is 64.8 Å². The van der Waals surface area contributed by atoms with Crippen LogP contribution in [0.25, 0.3) is 0 Å². The molecule has 0 fully saturated rings. The van der Waals surface area contributed by atoms with Crippen LogP contribution in [0.5, 0.6) is 23.0 Å². The Morgan fingerprint density at radius 3 is 1.88 bits per heavy atom. The van der Waals surface area contributed by atoms with Gasteiger partial charge < -0.3 is 19.3 Å². The van der Waals surface area contributed by atoms with Crippen molar-refractivity contribution < 1.29 is 28.9 Å². The summed E-state index contributed by atoms with van der Waals surface area (Å²) in [6.45, 7) is 1.18. The number of ether oxygens (including phenoxy) is 3. The molecule has 0 heterocycles. The summed E-state index contributed by atoms with van der Waals surface area (Å²) < 4.78 is 16.9. The van der Waals surface area contributed by atoms with Crippen molar-refractivity contribution in [2.75, 3.05) is 13.2 Å². The number of hydrogen-bond acceptors (Lipinski definition) is 6. The number of carbonyl (C=O) groups is 2. The van der Waals surface area contributed by atoms with Gasteiger partial charge >= 0.3 is 5.97 Å². The summed E-state index contributed by atoms with van der Waals surface area (Å²) in [7, 11) is 0. The first-order valence-corrected chi connectivity index (χ1v) is 13.6. The van der Waals surface area contributed by atoms with Crippen LogP contribution in [-0.4, -0.2) is 30.1 Å². The Morgan fingerprint density at radius 2 is 1.23 bits per heavy atom. The van der Waals surface area contributed by atoms with Gasteiger partial charge in [-0.05, 0) is 67.4 Å². The fraction of sp³-hybridized carbons (Fsp3) is 0.235. The number of aromatic hydroxyl groups is 1. The smallest absolute Gasteiger partial charge is 0.343 e. The number of ketones is 1. The highest BCUT2D eigenvalue weighted by atomic mass is 16.5. The average Bonchev–Trinajstić information content (AvgIpc) is 2.99. The molecule has 0 bridgehead atoms. The monoisotopic (exact) mass is 537 g/mol. The zero-order chi connectivity index (χ0) is 28.0. The molecular formula is C34H33O6. The van der Waals surface area contributed by atoms with Crippen molar-refractivity contribution >= 4 is 11.8 Å². The lowest BCUT2D eigenvalue weighted by Crippen LogP contribution is -2.08. The van der Waals surface area contributed by atoms with Gasteiger partial charge in [0.2, 0.25) is 0 Å². The van der Waals surface area contributed by atoms with E-state index in [1.165, 1.54) is 6.07 Å². The predicted octanol–water partition coefficient (Wildman–Crippen LogP) is 7.44. The second-order valence-corrected chi connectivity index (χ2v) is 9.34. The molecule has 4 aromatic carbocycles. The van der Waals surface area contributed by atoms with Crippen molar-refractivity contribution in [3.05, 3.63) is 120 Å². The summed E-state index contributed by atoms with van der Waals surface area (Å²) >= 11 is 0. The molecule has 0 saturated carbocycles. The van der Waals surface area contributed by atoms with Gasteiger partial charge in [0, 0.05) is 11.6 Å². The summed E-state index contributed by atoms with van der Waals surface area (Å²) in [5.41, 5.74) is 1.27. The van der Waals surface area contributed by atoms with Crippen molar-refractivity contribution in [2.24, 2.45) is 0 Å². The summed E-state index contributed by atoms with van der Waals surface area (Å²) in [5, 5.41) is 10.3. The molecule has 0 amide bonds. The van der Waals surface area contributed by atoms with Crippen LogP contribution >= 0.6 is 0 Å². The molecule has 0 aromatic heterocycles. The number of rotatable bonds is 15. The fourth-order valence-corrected chi connectivity index (χ4v) is 4.12. The van der Waals surface area contributed by atoms with Gasteiger partial charge in [-0.3, -0.25) is 4.79 Å². The molecular weight excluding hydrogens is 504 g/mol. The molecule has 0 saturated heterocycles. The first-order valence-electron chi connectivity index (χ1n) is 13.6. The third-order valence-corrected chi connectivity index (χ3v) is 6.31. The lowest BCUT2D eigenvalue weighted by atomic mass is 10.0. The van der Waals surface area contributed by atoms with E-state index in [-0.39, 0.29) is 17.1 Å². The topological polar surface area (TPSA) is 82.1 Å². The van der Waals surface area contributed by atoms with E-state index in [0.29, 0.717) is 35.8 Å². The van der Waals surface area contributed by atoms with Crippen LogP contribution in [-0.2, 0) is 0 Å². The Bertz CT molecular complexity index is 1350. The van der Waals surface area contributed by atoms with Crippen molar-refractivity contribution in [3.63, 3.8) is 0 Å². The van der Waals surface area contributed by atoms with E-state index in [0.717, 1.165) is 44.3 Å². The normalized spacial score (nSPS) is 10.6. The maximum absolute atomic E-state index is 12.5. The van der Waals surface area contributed by atoms with Crippen molar-refractivity contribution in [2.45, 2.75) is 38.5 Å². The maximum Gasteiger partial charge on any atom is 0.343 e. The number of benzene rings is 4. The Labute approximate surface area is 235 Å². The minimum absolute atomic E-state index is 0.0749. The van der Waals surface area contributed by atoms with Gasteiger partial charge in [-0.2, -0.15) is 0 Å². The molecule has 4 aromatic rings. The zero-order valence-electron chi connectivity index (χ0n) is 22.4. The zero-order valence-corrected chi connectivity index (χ0v) is 22.4. The molecule has 1 N–H and O–H groups in total. The number of phenols is 1. The summed E-state index contributed by atoms with van der Waals surface area (Å²) in [6, 6.07) is 30.3. The van der Waals surface area contributed by atoms with Gasteiger partial charge in [-0.25, -0.2) is 4.79 Å². The van der Waals surface area contributed by atoms with Crippen LogP contribution in [0.4, 0.5) is 0 Å². The highest BCUT2D eigenvalue weighted by molar-refractivity contribution is 6.10. The second-order valence-electron chi connectivity index (χ2n) is 9.34. The average molecular weight is 538 g/mol. The van der Waals surface area contributed by atoms with Crippen LogP contribution in [0, 0.1) is 6.07 Å². The fourth-order valence-electron chi connectivity index (χ4n) is 4.12. The molecule has 0 aliphatic carbocycles. The van der Waals surface area contributed by atoms with Crippen molar-refractivity contribution in [1.29, 1.82) is 0 Å². The molecule has 0 aliphatic rings. The second kappa shape index (κ2) is 15.1. The van der Waals surface area contributed by atoms with Crippen molar-refractivity contribution in [1.82, 2.24) is 0 Å². The van der Waals surface area contributed by atoms with Crippen molar-refractivity contribution in [3.8, 4) is 23.0 Å². The predicted molar refractivity (Wildman–Crippen MR) is 153 cm³/mol. The van der Waals surface area contributed by atoms with Gasteiger partial charge in [0.15, 0.2) is 5.78 Å². The SMILES string of the molecule is O=C(Oc1cc[c]cc1)c1ccc(OCCCCCCCCOc2ccc(C(=O)c3ccccc3)c(O)c2)cc1. The van der Waals surface area contributed by atoms with Gasteiger partial charge in [0.25, 0.3) is 0 Å². The quantitative estimate of drug-likeness (QED) is 0.0734. The minimum atomic E-state index is -0.408. The largest absolute Gasteiger partial charge is 0.507 e. The van der Waals surface area contributed by atoms with E-state index in [1.807, 2.05) is 6.07 Å². The van der Waals surface area contributed by atoms with E-state index < -0.39 is 5.97 Å². The van der Waals surface area contributed by atoms with Gasteiger partial charge in [-0.1, -0.05) is 68.1 Å². The number of esters is 1. The molecule has 205 valence electrons. The lowest BCUT2D eigenvalue weighted by Gasteiger charge is -2.09. The van der Waals surface area contributed by atoms with Crippen LogP contribution in [0.2, 0.25) is 0 Å². The number of phenolic OH excluding ortho intramolecular Hbond substituents is 1. The Hall–Kier alpha value is -4.58. The van der Waals surface area contributed by atoms with Gasteiger partial charge in [-0.15, -0.1) is 0 Å². The van der Waals surface area contributed by atoms with E-state index in [1.54, 1.807) is 84.9 Å². The molecule has 4 rings (SSSR count). The minimum Gasteiger partial charge on any atom is -0.507 e. The molecule has 1 radical (unpaired) electrons. The summed E-state index contributed by atoms with van der Waals surface area (Å²) in [4.78, 5) is 24.8. The van der Waals surface area contributed by atoms with E-state index in [2.05, 4.69) is 6.07 Å². The third kappa shape index (κ3) is 8.73. The Kier molecular flexibility index (Phi) is 10.7. The summed E-state index contributed by atoms with van der Waals surface area (Å²) in [6.07, 6.45) is 6.22. The standard InChI is InChI=1S/C34H33O6/c35-32-25-30(21-22-31(32)33(36)26-13-7-5-8-14-26)39-24-12-4-2-1-3-11-23-38-28-19-17-27(18-20-28)34(37)40-29-15-9-6-10-16-29/h5,7-10,13-22,25,35H,1-4,11-12,23-24H2. The van der Waals surface area contributed by atoms with Crippen LogP contribution in [0.15, 0.2) is 97.1 Å². The number of hydrogen-bond donors (Lipinski definition) is 1. The van der Waals surface area contributed by atoms with Crippen LogP contribution in [0.3, 0.4) is 0 Å².